The van der Waals surface area contributed by atoms with Crippen molar-refractivity contribution in [3.05, 3.63) is 136 Å². The van der Waals surface area contributed by atoms with Crippen LogP contribution in [0.4, 0.5) is 4.79 Å². The number of amides is 4. The molecule has 0 radical (unpaired) electrons. The van der Waals surface area contributed by atoms with E-state index in [1.807, 2.05) is 55.6 Å². The summed E-state index contributed by atoms with van der Waals surface area (Å²) in [6.07, 6.45) is 2.47. The van der Waals surface area contributed by atoms with Crippen molar-refractivity contribution in [2.45, 2.75) is 89.8 Å². The number of fused-ring (bicyclic) bond motifs is 2. The minimum Gasteiger partial charge on any atom is -0.489 e. The molecule has 4 amide bonds. The van der Waals surface area contributed by atoms with Crippen LogP contribution in [0.2, 0.25) is 0 Å². The van der Waals surface area contributed by atoms with Crippen LogP contribution < -0.4 is 10.1 Å². The zero-order chi connectivity index (χ0) is 41.6. The highest BCUT2D eigenvalue weighted by Gasteiger charge is 2.41. The second-order valence-corrected chi connectivity index (χ2v) is 16.1. The number of carbonyl (C=O) groups is 5. The van der Waals surface area contributed by atoms with Crippen LogP contribution >= 0.6 is 0 Å². The van der Waals surface area contributed by atoms with Gasteiger partial charge in [-0.1, -0.05) is 72.8 Å². The fourth-order valence-corrected chi connectivity index (χ4v) is 7.62. The van der Waals surface area contributed by atoms with Gasteiger partial charge in [-0.25, -0.2) is 9.59 Å². The maximum absolute atomic E-state index is 14.9. The first-order valence-corrected chi connectivity index (χ1v) is 19.7. The molecule has 304 valence electrons. The Labute approximate surface area is 339 Å². The van der Waals surface area contributed by atoms with Crippen LogP contribution in [0.15, 0.2) is 97.1 Å². The SMILES string of the molecule is CN(CC(=O)N[C@@H](Cc1ccc(OCc2ccc(C(=O)O)cc2)cc1)C(=O)N1Cc2ccccc2CC1C(=O)N(C)[C@@H]1CCCc2ccccc21)C(=O)OC(C)(C)C. The van der Waals surface area contributed by atoms with E-state index >= 15 is 0 Å². The Morgan fingerprint density at radius 1 is 0.845 bits per heavy atom. The number of carbonyl (C=O) groups excluding carboxylic acids is 4. The maximum atomic E-state index is 14.9. The highest BCUT2D eigenvalue weighted by molar-refractivity contribution is 5.94. The first kappa shape index (κ1) is 41.5. The van der Waals surface area contributed by atoms with Crippen molar-refractivity contribution < 1.29 is 38.6 Å². The normalized spacial score (nSPS) is 16.5. The first-order valence-electron chi connectivity index (χ1n) is 19.7. The Morgan fingerprint density at radius 2 is 1.48 bits per heavy atom. The predicted octanol–water partition coefficient (Wildman–Crippen LogP) is 6.35. The van der Waals surface area contributed by atoms with Gasteiger partial charge in [0.15, 0.2) is 0 Å². The van der Waals surface area contributed by atoms with E-state index in [0.717, 1.165) is 52.0 Å². The molecule has 0 fully saturated rings. The second kappa shape index (κ2) is 18.0. The topological polar surface area (TPSA) is 146 Å². The Morgan fingerprint density at radius 3 is 2.16 bits per heavy atom. The lowest BCUT2D eigenvalue weighted by atomic mass is 9.86. The molecular formula is C46H52N4O8. The van der Waals surface area contributed by atoms with Gasteiger partial charge in [0.2, 0.25) is 17.7 Å². The quantitative estimate of drug-likeness (QED) is 0.169. The maximum Gasteiger partial charge on any atom is 0.410 e. The summed E-state index contributed by atoms with van der Waals surface area (Å²) in [5.41, 5.74) is 5.23. The van der Waals surface area contributed by atoms with Crippen molar-refractivity contribution in [2.24, 2.45) is 0 Å². The van der Waals surface area contributed by atoms with Crippen LogP contribution in [-0.4, -0.2) is 87.9 Å². The molecule has 1 unspecified atom stereocenters. The van der Waals surface area contributed by atoms with Gasteiger partial charge in [-0.05, 0) is 97.7 Å². The summed E-state index contributed by atoms with van der Waals surface area (Å²) in [4.78, 5) is 71.7. The summed E-state index contributed by atoms with van der Waals surface area (Å²) in [7, 11) is 3.28. The summed E-state index contributed by atoms with van der Waals surface area (Å²) in [6.45, 7) is 5.26. The number of ether oxygens (including phenoxy) is 2. The highest BCUT2D eigenvalue weighted by Crippen LogP contribution is 2.35. The number of nitrogens with one attached hydrogen (secondary N) is 1. The highest BCUT2D eigenvalue weighted by atomic mass is 16.6. The van der Waals surface area contributed by atoms with E-state index in [0.29, 0.717) is 12.2 Å². The molecule has 4 aromatic carbocycles. The Kier molecular flexibility index (Phi) is 12.8. The van der Waals surface area contributed by atoms with E-state index in [9.17, 15) is 29.1 Å². The summed E-state index contributed by atoms with van der Waals surface area (Å²) in [6, 6.07) is 27.6. The van der Waals surface area contributed by atoms with Crippen molar-refractivity contribution in [2.75, 3.05) is 20.6 Å². The van der Waals surface area contributed by atoms with Gasteiger partial charge in [-0.15, -0.1) is 0 Å². The van der Waals surface area contributed by atoms with E-state index in [-0.39, 0.29) is 43.6 Å². The van der Waals surface area contributed by atoms with E-state index in [2.05, 4.69) is 17.4 Å². The molecule has 0 saturated heterocycles. The molecule has 4 aromatic rings. The zero-order valence-electron chi connectivity index (χ0n) is 33.8. The Balaban J connectivity index is 1.25. The average molecular weight is 789 g/mol. The van der Waals surface area contributed by atoms with Gasteiger partial charge in [0.05, 0.1) is 11.6 Å². The molecule has 3 atom stereocenters. The number of hydrogen-bond acceptors (Lipinski definition) is 7. The van der Waals surface area contributed by atoms with Crippen molar-refractivity contribution in [1.82, 2.24) is 20.0 Å². The largest absolute Gasteiger partial charge is 0.489 e. The predicted molar refractivity (Wildman–Crippen MR) is 218 cm³/mol. The molecule has 1 aliphatic carbocycles. The molecule has 0 aromatic heterocycles. The van der Waals surface area contributed by atoms with Gasteiger partial charge >= 0.3 is 12.1 Å². The zero-order valence-corrected chi connectivity index (χ0v) is 33.8. The molecule has 0 saturated carbocycles. The fourth-order valence-electron chi connectivity index (χ4n) is 7.62. The van der Waals surface area contributed by atoms with Crippen molar-refractivity contribution in [3.63, 3.8) is 0 Å². The summed E-state index contributed by atoms with van der Waals surface area (Å²) >= 11 is 0. The molecule has 2 N–H and O–H groups in total. The van der Waals surface area contributed by atoms with Crippen molar-refractivity contribution in [1.29, 1.82) is 0 Å². The van der Waals surface area contributed by atoms with Crippen LogP contribution in [0.5, 0.6) is 5.75 Å². The number of carboxylic acid groups (broad SMARTS) is 1. The number of aromatic carboxylic acids is 1. The molecule has 0 bridgehead atoms. The second-order valence-electron chi connectivity index (χ2n) is 16.1. The summed E-state index contributed by atoms with van der Waals surface area (Å²) in [5.74, 6) is -1.59. The molecule has 6 rings (SSSR count). The van der Waals surface area contributed by atoms with Crippen molar-refractivity contribution >= 4 is 29.8 Å². The molecule has 1 heterocycles. The number of rotatable bonds is 12. The molecule has 1 aliphatic heterocycles. The monoisotopic (exact) mass is 788 g/mol. The third-order valence-electron chi connectivity index (χ3n) is 10.7. The molecule has 0 spiro atoms. The lowest BCUT2D eigenvalue weighted by molar-refractivity contribution is -0.149. The number of likely N-dealkylation sites (N-methyl/N-ethyl adjacent to an activating group) is 2. The molecule has 58 heavy (non-hydrogen) atoms. The number of hydrogen-bond donors (Lipinski definition) is 2. The van der Waals surface area contributed by atoms with E-state index < -0.39 is 41.6 Å². The molecular weight excluding hydrogens is 737 g/mol. The van der Waals surface area contributed by atoms with Crippen LogP contribution in [0.25, 0.3) is 0 Å². The van der Waals surface area contributed by atoms with Gasteiger partial charge in [-0.2, -0.15) is 0 Å². The van der Waals surface area contributed by atoms with Crippen LogP contribution in [0.1, 0.15) is 83.4 Å². The third-order valence-corrected chi connectivity index (χ3v) is 10.7. The lowest BCUT2D eigenvalue weighted by Crippen LogP contribution is -2.59. The number of carboxylic acids is 1. The smallest absolute Gasteiger partial charge is 0.410 e. The van der Waals surface area contributed by atoms with E-state index in [1.165, 1.54) is 24.7 Å². The summed E-state index contributed by atoms with van der Waals surface area (Å²) < 4.78 is 11.4. The van der Waals surface area contributed by atoms with Gasteiger partial charge in [-0.3, -0.25) is 14.4 Å². The van der Waals surface area contributed by atoms with Crippen molar-refractivity contribution in [3.8, 4) is 5.75 Å². The van der Waals surface area contributed by atoms with Crippen LogP contribution in [0.3, 0.4) is 0 Å². The first-order chi connectivity index (χ1) is 27.7. The van der Waals surface area contributed by atoms with Gasteiger partial charge in [0.25, 0.3) is 0 Å². The number of benzene rings is 4. The van der Waals surface area contributed by atoms with Crippen LogP contribution in [-0.2, 0) is 51.5 Å². The van der Waals surface area contributed by atoms with E-state index in [1.54, 1.807) is 54.8 Å². The van der Waals surface area contributed by atoms with Gasteiger partial charge in [0.1, 0.15) is 36.6 Å². The summed E-state index contributed by atoms with van der Waals surface area (Å²) in [5, 5.41) is 12.1. The third kappa shape index (κ3) is 10.2. The van der Waals surface area contributed by atoms with Crippen LogP contribution in [0, 0.1) is 0 Å². The fraction of sp³-hybridized carbons (Fsp3) is 0.370. The molecule has 12 nitrogen and oxygen atoms in total. The Hall–Kier alpha value is -6.17. The lowest BCUT2D eigenvalue weighted by Gasteiger charge is -2.42. The minimum atomic E-state index is -1.08. The number of aryl methyl sites for hydroxylation is 1. The number of nitrogens with zero attached hydrogens (tertiary/aromatic N) is 3. The molecule has 12 heteroatoms. The Bertz CT molecular complexity index is 2130. The standard InChI is InChI=1S/C46H52N4O8/c1-46(2,3)58-45(56)48(4)28-41(51)47-38(25-30-19-23-36(24-20-30)57-29-31-17-21-33(22-18-31)44(54)55)42(52)50-27-35-13-7-6-12-34(35)26-40(50)43(53)49(5)39-16-10-14-32-11-8-9-15-37(32)39/h6-9,11-13,15,17-24,38-40H,10,14,16,25-29H2,1-5H3,(H,47,51)(H,54,55)/t38-,39+,40?/m0/s1. The van der Waals surface area contributed by atoms with E-state index in [4.69, 9.17) is 9.47 Å². The minimum absolute atomic E-state index is 0.0998. The van der Waals surface area contributed by atoms with Gasteiger partial charge < -0.3 is 34.6 Å². The average Bonchev–Trinajstić information content (AvgIpc) is 3.21. The van der Waals surface area contributed by atoms with Gasteiger partial charge in [0, 0.05) is 33.5 Å². The molecule has 2 aliphatic rings.